The van der Waals surface area contributed by atoms with Crippen molar-refractivity contribution >= 4 is 12.0 Å². The van der Waals surface area contributed by atoms with E-state index >= 15 is 0 Å². The molecule has 0 amide bonds. The Labute approximate surface area is 81.7 Å². The van der Waals surface area contributed by atoms with Crippen LogP contribution < -0.4 is 0 Å². The van der Waals surface area contributed by atoms with Gasteiger partial charge in [0.25, 0.3) is 0 Å². The van der Waals surface area contributed by atoms with Gasteiger partial charge in [-0.25, -0.2) is 4.39 Å². The third-order valence-electron chi connectivity index (χ3n) is 1.68. The maximum absolute atomic E-state index is 12.7. The number of hydrogen-bond acceptors (Lipinski definition) is 1. The van der Waals surface area contributed by atoms with Crippen molar-refractivity contribution in [3.05, 3.63) is 41.7 Å². The summed E-state index contributed by atoms with van der Waals surface area (Å²) in [6.45, 7) is 0. The number of carboxylic acids is 1. The van der Waals surface area contributed by atoms with Crippen molar-refractivity contribution < 1.29 is 14.3 Å². The van der Waals surface area contributed by atoms with E-state index in [1.54, 1.807) is 24.3 Å². The summed E-state index contributed by atoms with van der Waals surface area (Å²) < 4.78 is 12.7. The molecule has 0 heterocycles. The van der Waals surface area contributed by atoms with Crippen LogP contribution in [0.5, 0.6) is 0 Å². The van der Waals surface area contributed by atoms with Crippen LogP contribution in [0, 0.1) is 5.82 Å². The molecule has 1 aromatic carbocycles. The van der Waals surface area contributed by atoms with Crippen LogP contribution in [0.2, 0.25) is 0 Å². The fraction of sp³-hybridized carbons (Fsp3) is 0.182. The zero-order valence-electron chi connectivity index (χ0n) is 7.61. The SMILES string of the molecule is O=C(O)CC/C=C/c1cccc(F)c1. The molecule has 0 aliphatic carbocycles. The van der Waals surface area contributed by atoms with E-state index in [2.05, 4.69) is 0 Å². The van der Waals surface area contributed by atoms with Gasteiger partial charge < -0.3 is 5.11 Å². The summed E-state index contributed by atoms with van der Waals surface area (Å²) in [6, 6.07) is 6.15. The van der Waals surface area contributed by atoms with E-state index in [-0.39, 0.29) is 12.2 Å². The zero-order valence-corrected chi connectivity index (χ0v) is 7.61. The number of allylic oxidation sites excluding steroid dienone is 1. The summed E-state index contributed by atoms with van der Waals surface area (Å²) in [7, 11) is 0. The summed E-state index contributed by atoms with van der Waals surface area (Å²) in [5, 5.41) is 8.36. The van der Waals surface area contributed by atoms with Crippen LogP contribution in [0.3, 0.4) is 0 Å². The normalized spacial score (nSPS) is 10.6. The first-order valence-electron chi connectivity index (χ1n) is 4.32. The number of aliphatic carboxylic acids is 1. The number of hydrogen-bond donors (Lipinski definition) is 1. The summed E-state index contributed by atoms with van der Waals surface area (Å²) in [4.78, 5) is 10.2. The van der Waals surface area contributed by atoms with Gasteiger partial charge in [-0.3, -0.25) is 4.79 Å². The molecule has 0 aromatic heterocycles. The third kappa shape index (κ3) is 3.85. The van der Waals surface area contributed by atoms with Crippen molar-refractivity contribution in [1.29, 1.82) is 0 Å². The fourth-order valence-electron chi connectivity index (χ4n) is 1.04. The quantitative estimate of drug-likeness (QED) is 0.800. The average Bonchev–Trinajstić information content (AvgIpc) is 2.12. The second-order valence-corrected chi connectivity index (χ2v) is 2.89. The first kappa shape index (κ1) is 10.4. The molecule has 0 spiro atoms. The third-order valence-corrected chi connectivity index (χ3v) is 1.68. The van der Waals surface area contributed by atoms with Crippen LogP contribution in [-0.4, -0.2) is 11.1 Å². The first-order chi connectivity index (χ1) is 6.68. The Kier molecular flexibility index (Phi) is 3.85. The molecule has 74 valence electrons. The Bertz CT molecular complexity index is 345. The van der Waals surface area contributed by atoms with Crippen molar-refractivity contribution in [2.75, 3.05) is 0 Å². The molecule has 1 aromatic rings. The van der Waals surface area contributed by atoms with Gasteiger partial charge in [-0.15, -0.1) is 0 Å². The molecular weight excluding hydrogens is 183 g/mol. The van der Waals surface area contributed by atoms with E-state index < -0.39 is 5.97 Å². The minimum absolute atomic E-state index is 0.103. The van der Waals surface area contributed by atoms with Crippen molar-refractivity contribution in [2.24, 2.45) is 0 Å². The number of benzene rings is 1. The van der Waals surface area contributed by atoms with Crippen molar-refractivity contribution in [3.8, 4) is 0 Å². The highest BCUT2D eigenvalue weighted by molar-refractivity contribution is 5.67. The van der Waals surface area contributed by atoms with Crippen molar-refractivity contribution in [2.45, 2.75) is 12.8 Å². The lowest BCUT2D eigenvalue weighted by Gasteiger charge is -1.92. The van der Waals surface area contributed by atoms with E-state index in [4.69, 9.17) is 5.11 Å². The van der Waals surface area contributed by atoms with E-state index in [9.17, 15) is 9.18 Å². The lowest BCUT2D eigenvalue weighted by Crippen LogP contribution is -1.91. The van der Waals surface area contributed by atoms with Crippen LogP contribution in [0.1, 0.15) is 18.4 Å². The lowest BCUT2D eigenvalue weighted by atomic mass is 10.2. The van der Waals surface area contributed by atoms with Gasteiger partial charge in [-0.1, -0.05) is 24.3 Å². The van der Waals surface area contributed by atoms with Gasteiger partial charge >= 0.3 is 5.97 Å². The molecule has 0 unspecified atom stereocenters. The molecule has 0 aliphatic rings. The van der Waals surface area contributed by atoms with Crippen LogP contribution in [0.15, 0.2) is 30.3 Å². The molecule has 0 radical (unpaired) electrons. The Morgan fingerprint density at radius 1 is 1.50 bits per heavy atom. The summed E-state index contributed by atoms with van der Waals surface area (Å²) in [6.07, 6.45) is 4.01. The number of carbonyl (C=O) groups is 1. The summed E-state index contributed by atoms with van der Waals surface area (Å²) in [5.74, 6) is -1.11. The van der Waals surface area contributed by atoms with Crippen LogP contribution in [0.25, 0.3) is 6.08 Å². The summed E-state index contributed by atoms with van der Waals surface area (Å²) in [5.41, 5.74) is 0.746. The van der Waals surface area contributed by atoms with Gasteiger partial charge in [-0.05, 0) is 24.1 Å². The Hall–Kier alpha value is -1.64. The molecule has 0 atom stereocenters. The van der Waals surface area contributed by atoms with E-state index in [1.807, 2.05) is 0 Å². The van der Waals surface area contributed by atoms with Crippen molar-refractivity contribution in [1.82, 2.24) is 0 Å². The van der Waals surface area contributed by atoms with Crippen LogP contribution in [0.4, 0.5) is 4.39 Å². The van der Waals surface area contributed by atoms with Crippen molar-refractivity contribution in [3.63, 3.8) is 0 Å². The van der Waals surface area contributed by atoms with Gasteiger partial charge in [0.05, 0.1) is 0 Å². The molecule has 0 aliphatic heterocycles. The van der Waals surface area contributed by atoms with Crippen LogP contribution in [-0.2, 0) is 4.79 Å². The van der Waals surface area contributed by atoms with Gasteiger partial charge in [0, 0.05) is 6.42 Å². The first-order valence-corrected chi connectivity index (χ1v) is 4.32. The highest BCUT2D eigenvalue weighted by atomic mass is 19.1. The van der Waals surface area contributed by atoms with Crippen LogP contribution >= 0.6 is 0 Å². The predicted octanol–water partition coefficient (Wildman–Crippen LogP) is 2.70. The molecule has 2 nitrogen and oxygen atoms in total. The Morgan fingerprint density at radius 2 is 2.29 bits per heavy atom. The molecule has 0 saturated carbocycles. The number of carboxylic acid groups (broad SMARTS) is 1. The molecule has 1 rings (SSSR count). The molecule has 0 saturated heterocycles. The summed E-state index contributed by atoms with van der Waals surface area (Å²) >= 11 is 0. The van der Waals surface area contributed by atoms with Gasteiger partial charge in [0.2, 0.25) is 0 Å². The number of rotatable bonds is 4. The smallest absolute Gasteiger partial charge is 0.303 e. The molecule has 3 heteroatoms. The minimum atomic E-state index is -0.825. The average molecular weight is 194 g/mol. The second-order valence-electron chi connectivity index (χ2n) is 2.89. The zero-order chi connectivity index (χ0) is 10.4. The van der Waals surface area contributed by atoms with Gasteiger partial charge in [0.1, 0.15) is 5.82 Å². The maximum Gasteiger partial charge on any atom is 0.303 e. The monoisotopic (exact) mass is 194 g/mol. The molecule has 0 fully saturated rings. The largest absolute Gasteiger partial charge is 0.481 e. The lowest BCUT2D eigenvalue weighted by molar-refractivity contribution is -0.136. The fourth-order valence-corrected chi connectivity index (χ4v) is 1.04. The Balaban J connectivity index is 2.47. The topological polar surface area (TPSA) is 37.3 Å². The van der Waals surface area contributed by atoms with E-state index in [0.717, 1.165) is 5.56 Å². The standard InChI is InChI=1S/C11H11FO2/c12-10-6-3-5-9(8-10)4-1-2-7-11(13)14/h1,3-6,8H,2,7H2,(H,13,14)/b4-1+. The minimum Gasteiger partial charge on any atom is -0.481 e. The highest BCUT2D eigenvalue weighted by Gasteiger charge is 1.93. The number of halogens is 1. The van der Waals surface area contributed by atoms with Gasteiger partial charge in [-0.2, -0.15) is 0 Å². The Morgan fingerprint density at radius 3 is 2.93 bits per heavy atom. The second kappa shape index (κ2) is 5.17. The van der Waals surface area contributed by atoms with E-state index in [0.29, 0.717) is 6.42 Å². The molecular formula is C11H11FO2. The van der Waals surface area contributed by atoms with E-state index in [1.165, 1.54) is 12.1 Å². The maximum atomic E-state index is 12.7. The molecule has 0 bridgehead atoms. The highest BCUT2D eigenvalue weighted by Crippen LogP contribution is 2.06. The predicted molar refractivity (Wildman–Crippen MR) is 52.3 cm³/mol. The van der Waals surface area contributed by atoms with Gasteiger partial charge in [0.15, 0.2) is 0 Å². The molecule has 1 N–H and O–H groups in total. The molecule has 14 heavy (non-hydrogen) atoms.